The smallest absolute Gasteiger partial charge is 0.283 e. The maximum atomic E-state index is 6.88. The number of hydrogen-bond donors (Lipinski definition) is 1. The number of aliphatic hydroxyl groups excluding tert-OH is 1. The summed E-state index contributed by atoms with van der Waals surface area (Å²) in [5.74, 6) is 0. The molecule has 0 radical (unpaired) electrons. The molecule has 1 N–H and O–H groups in total. The van der Waals surface area contributed by atoms with Gasteiger partial charge >= 0.3 is 0 Å². The minimum absolute atomic E-state index is 0.750. The molecule has 58 valence electrons. The Labute approximate surface area is 66.7 Å². The summed E-state index contributed by atoms with van der Waals surface area (Å²) in [5, 5.41) is 13.8. The van der Waals surface area contributed by atoms with Crippen LogP contribution in [0.2, 0.25) is 0 Å². The van der Waals surface area contributed by atoms with Gasteiger partial charge < -0.3 is 5.11 Å². The van der Waals surface area contributed by atoms with Crippen LogP contribution in [0.1, 0.15) is 11.1 Å². The van der Waals surface area contributed by atoms with Crippen molar-refractivity contribution in [3.63, 3.8) is 0 Å². The van der Waals surface area contributed by atoms with E-state index < -0.39 is 0 Å². The first-order chi connectivity index (χ1) is 5.22. The molecule has 0 amide bonds. The van der Waals surface area contributed by atoms with Crippen molar-refractivity contribution >= 4 is 0 Å². The van der Waals surface area contributed by atoms with Gasteiger partial charge in [-0.05, 0) is 25.0 Å². The number of benzene rings is 1. The molecule has 1 aromatic carbocycles. The van der Waals surface area contributed by atoms with E-state index in [2.05, 4.69) is 38.1 Å². The minimum Gasteiger partial charge on any atom is -0.443 e. The van der Waals surface area contributed by atoms with E-state index in [0.717, 1.165) is 6.26 Å². The molecule has 0 bridgehead atoms. The summed E-state index contributed by atoms with van der Waals surface area (Å²) in [5.41, 5.74) is 2.74. The highest BCUT2D eigenvalue weighted by molar-refractivity contribution is 5.23. The van der Waals surface area contributed by atoms with Crippen molar-refractivity contribution in [1.82, 2.24) is 0 Å². The molecule has 0 aliphatic rings. The van der Waals surface area contributed by atoms with Crippen LogP contribution in [-0.4, -0.2) is 5.11 Å². The van der Waals surface area contributed by atoms with Crippen LogP contribution in [0.3, 0.4) is 0 Å². The molecule has 0 heterocycles. The number of aryl methyl sites for hydroxylation is 2. The summed E-state index contributed by atoms with van der Waals surface area (Å²) in [7, 11) is 0. The summed E-state index contributed by atoms with van der Waals surface area (Å²) < 4.78 is 0. The van der Waals surface area contributed by atoms with Crippen LogP contribution in [0.5, 0.6) is 0 Å². The molecule has 0 unspecified atom stereocenters. The Kier molecular flexibility index (Phi) is 4.59. The van der Waals surface area contributed by atoms with E-state index in [9.17, 15) is 0 Å². The van der Waals surface area contributed by atoms with Crippen molar-refractivity contribution in [2.75, 3.05) is 0 Å². The topological polar surface area (TPSA) is 44.0 Å². The molecule has 2 heteroatoms. The Morgan fingerprint density at radius 3 is 1.64 bits per heavy atom. The molecule has 2 nitrogen and oxygen atoms in total. The average Bonchev–Trinajstić information content (AvgIpc) is 1.97. The molecular weight excluding hydrogens is 138 g/mol. The lowest BCUT2D eigenvalue weighted by molar-refractivity contribution is 0.503. The zero-order valence-electron chi connectivity index (χ0n) is 6.70. The van der Waals surface area contributed by atoms with Crippen molar-refractivity contribution < 1.29 is 5.11 Å². The fraction of sp³-hybridized carbons (Fsp3) is 0.222. The van der Waals surface area contributed by atoms with Gasteiger partial charge in [-0.15, -0.1) is 0 Å². The summed E-state index contributed by atoms with van der Waals surface area (Å²) in [4.78, 5) is 0. The van der Waals surface area contributed by atoms with E-state index in [1.54, 1.807) is 0 Å². The van der Waals surface area contributed by atoms with Crippen LogP contribution in [-0.2, 0) is 0 Å². The number of rotatable bonds is 0. The number of hydrogen-bond acceptors (Lipinski definition) is 2. The van der Waals surface area contributed by atoms with E-state index in [0.29, 0.717) is 0 Å². The molecule has 0 saturated carbocycles. The summed E-state index contributed by atoms with van der Waals surface area (Å²) in [6.07, 6.45) is 0.750. The second-order valence-electron chi connectivity index (χ2n) is 2.18. The van der Waals surface area contributed by atoms with Gasteiger partial charge in [0.05, 0.1) is 0 Å². The van der Waals surface area contributed by atoms with Gasteiger partial charge in [-0.2, -0.15) is 5.26 Å². The second-order valence-corrected chi connectivity index (χ2v) is 2.18. The van der Waals surface area contributed by atoms with Crippen LogP contribution < -0.4 is 0 Å². The molecule has 0 spiro atoms. The van der Waals surface area contributed by atoms with Crippen molar-refractivity contribution in [1.29, 1.82) is 5.26 Å². The van der Waals surface area contributed by atoms with Crippen LogP contribution in [0.15, 0.2) is 24.3 Å². The van der Waals surface area contributed by atoms with E-state index in [1.165, 1.54) is 11.1 Å². The molecule has 0 fully saturated rings. The zero-order chi connectivity index (χ0) is 8.69. The predicted octanol–water partition coefficient (Wildman–Crippen LogP) is 2.14. The zero-order valence-corrected chi connectivity index (χ0v) is 6.70. The molecule has 1 rings (SSSR count). The van der Waals surface area contributed by atoms with Crippen molar-refractivity contribution in [3.8, 4) is 6.26 Å². The lowest BCUT2D eigenvalue weighted by atomic mass is 10.1. The van der Waals surface area contributed by atoms with Gasteiger partial charge in [0.15, 0.2) is 0 Å². The fourth-order valence-corrected chi connectivity index (χ4v) is 0.663. The Morgan fingerprint density at radius 2 is 1.45 bits per heavy atom. The van der Waals surface area contributed by atoms with Gasteiger partial charge in [-0.3, -0.25) is 0 Å². The Balaban J connectivity index is 0.000000292. The Hall–Kier alpha value is -1.49. The first-order valence-corrected chi connectivity index (χ1v) is 3.27. The fourth-order valence-electron chi connectivity index (χ4n) is 0.663. The molecule has 0 aromatic heterocycles. The Bertz CT molecular complexity index is 229. The first kappa shape index (κ1) is 9.51. The van der Waals surface area contributed by atoms with Crippen LogP contribution in [0.25, 0.3) is 0 Å². The largest absolute Gasteiger partial charge is 0.443 e. The van der Waals surface area contributed by atoms with Gasteiger partial charge in [-0.25, -0.2) is 0 Å². The third kappa shape index (κ3) is 3.99. The summed E-state index contributed by atoms with van der Waals surface area (Å²) in [6, 6.07) is 8.36. The highest BCUT2D eigenvalue weighted by Crippen LogP contribution is 2.02. The highest BCUT2D eigenvalue weighted by Gasteiger charge is 1.83. The quantitative estimate of drug-likeness (QED) is 0.574. The highest BCUT2D eigenvalue weighted by atomic mass is 16.2. The minimum atomic E-state index is 0.750. The van der Waals surface area contributed by atoms with E-state index >= 15 is 0 Å². The van der Waals surface area contributed by atoms with Gasteiger partial charge in [0.1, 0.15) is 0 Å². The maximum Gasteiger partial charge on any atom is 0.283 e. The van der Waals surface area contributed by atoms with Crippen molar-refractivity contribution in [2.45, 2.75) is 13.8 Å². The van der Waals surface area contributed by atoms with Gasteiger partial charge in [0, 0.05) is 0 Å². The van der Waals surface area contributed by atoms with Crippen LogP contribution in [0.4, 0.5) is 0 Å². The van der Waals surface area contributed by atoms with E-state index in [4.69, 9.17) is 10.4 Å². The molecular formula is C9H11NO. The van der Waals surface area contributed by atoms with Gasteiger partial charge in [0.25, 0.3) is 6.26 Å². The van der Waals surface area contributed by atoms with Crippen LogP contribution in [0, 0.1) is 25.4 Å². The lowest BCUT2D eigenvalue weighted by Crippen LogP contribution is -1.74. The molecule has 0 aliphatic carbocycles. The Morgan fingerprint density at radius 1 is 1.18 bits per heavy atom. The summed E-state index contributed by atoms with van der Waals surface area (Å²) in [6.45, 7) is 4.24. The number of nitrogens with zero attached hydrogens (tertiary/aromatic N) is 1. The lowest BCUT2D eigenvalue weighted by Gasteiger charge is -1.93. The third-order valence-corrected chi connectivity index (χ3v) is 1.43. The van der Waals surface area contributed by atoms with E-state index in [1.807, 2.05) is 0 Å². The standard InChI is InChI=1S/C8H10.CHNO/c1-7-5-3-4-6-8(7)2;2-1-3/h3-6H,1-2H3;3H. The molecule has 1 aromatic rings. The number of aliphatic hydroxyl groups is 1. The van der Waals surface area contributed by atoms with Gasteiger partial charge in [0.2, 0.25) is 0 Å². The predicted molar refractivity (Wildman–Crippen MR) is 43.5 cm³/mol. The average molecular weight is 149 g/mol. The molecule has 0 aliphatic heterocycles. The van der Waals surface area contributed by atoms with Gasteiger partial charge in [-0.1, -0.05) is 24.3 Å². The van der Waals surface area contributed by atoms with E-state index in [-0.39, 0.29) is 0 Å². The molecule has 11 heavy (non-hydrogen) atoms. The normalized spacial score (nSPS) is 7.36. The molecule has 0 atom stereocenters. The third-order valence-electron chi connectivity index (χ3n) is 1.43. The molecule has 0 saturated heterocycles. The van der Waals surface area contributed by atoms with Crippen LogP contribution >= 0.6 is 0 Å². The SMILES string of the molecule is Cc1ccccc1C.N#CO. The summed E-state index contributed by atoms with van der Waals surface area (Å²) >= 11 is 0. The monoisotopic (exact) mass is 149 g/mol. The number of nitriles is 1. The second kappa shape index (κ2) is 5.31. The first-order valence-electron chi connectivity index (χ1n) is 3.27. The van der Waals surface area contributed by atoms with Crippen molar-refractivity contribution in [3.05, 3.63) is 35.4 Å². The van der Waals surface area contributed by atoms with Crippen molar-refractivity contribution in [2.24, 2.45) is 0 Å². The maximum absolute atomic E-state index is 6.88.